The van der Waals surface area contributed by atoms with Crippen molar-refractivity contribution in [1.82, 2.24) is 0 Å². The average molecular weight is 140 g/mol. The van der Waals surface area contributed by atoms with Crippen molar-refractivity contribution in [3.63, 3.8) is 0 Å². The Morgan fingerprint density at radius 2 is 2.30 bits per heavy atom. The van der Waals surface area contributed by atoms with Crippen molar-refractivity contribution < 1.29 is 9.63 Å². The maximum absolute atomic E-state index is 10.1. The van der Waals surface area contributed by atoms with Gasteiger partial charge in [0.15, 0.2) is 0 Å². The lowest BCUT2D eigenvalue weighted by atomic mass is 10.3. The molecule has 0 atom stereocenters. The van der Waals surface area contributed by atoms with Gasteiger partial charge in [-0.05, 0) is 6.92 Å². The Morgan fingerprint density at radius 1 is 1.70 bits per heavy atom. The van der Waals surface area contributed by atoms with Gasteiger partial charge in [-0.3, -0.25) is 0 Å². The lowest BCUT2D eigenvalue weighted by Crippen LogP contribution is -1.96. The molecule has 0 rings (SSSR count). The number of nitrogens with zero attached hydrogens (tertiary/aromatic N) is 2. The van der Waals surface area contributed by atoms with E-state index in [4.69, 9.17) is 5.26 Å². The van der Waals surface area contributed by atoms with E-state index in [1.165, 1.54) is 6.92 Å². The molecule has 0 unspecified atom stereocenters. The minimum absolute atomic E-state index is 0.188. The number of rotatable bonds is 2. The highest BCUT2D eigenvalue weighted by Crippen LogP contribution is 1.85. The molecule has 0 aliphatic carbocycles. The Kier molecular flexibility index (Phi) is 3.89. The normalized spacial score (nSPS) is 10.3. The van der Waals surface area contributed by atoms with Crippen molar-refractivity contribution in [2.45, 2.75) is 20.3 Å². The van der Waals surface area contributed by atoms with E-state index in [1.54, 1.807) is 6.92 Å². The number of hydrogen-bond donors (Lipinski definition) is 0. The Bertz CT molecular complexity index is 190. The summed E-state index contributed by atoms with van der Waals surface area (Å²) in [5.41, 5.74) is 0.498. The summed E-state index contributed by atoms with van der Waals surface area (Å²) in [7, 11) is 0. The number of carbonyl (C=O) groups excluding carboxylic acids is 1. The quantitative estimate of drug-likeness (QED) is 0.324. The molecule has 0 spiro atoms. The molecule has 0 fully saturated rings. The van der Waals surface area contributed by atoms with Crippen molar-refractivity contribution >= 4 is 11.7 Å². The fourth-order valence-corrected chi connectivity index (χ4v) is 0.289. The minimum Gasteiger partial charge on any atom is -0.319 e. The van der Waals surface area contributed by atoms with Gasteiger partial charge in [0, 0.05) is 6.92 Å². The Balaban J connectivity index is 3.71. The number of oxime groups is 1. The monoisotopic (exact) mass is 140 g/mol. The van der Waals surface area contributed by atoms with Gasteiger partial charge in [-0.15, -0.1) is 0 Å². The van der Waals surface area contributed by atoms with E-state index < -0.39 is 5.97 Å². The third-order valence-electron chi connectivity index (χ3n) is 0.665. The summed E-state index contributed by atoms with van der Waals surface area (Å²) in [6.45, 7) is 2.87. The molecule has 0 saturated carbocycles. The summed E-state index contributed by atoms with van der Waals surface area (Å²) < 4.78 is 0. The third-order valence-corrected chi connectivity index (χ3v) is 0.665. The van der Waals surface area contributed by atoms with Crippen LogP contribution >= 0.6 is 0 Å². The van der Waals surface area contributed by atoms with E-state index in [-0.39, 0.29) is 6.42 Å². The first-order valence-corrected chi connectivity index (χ1v) is 2.75. The summed E-state index contributed by atoms with van der Waals surface area (Å²) >= 11 is 0. The fourth-order valence-electron chi connectivity index (χ4n) is 0.289. The number of nitriles is 1. The molecular weight excluding hydrogens is 132 g/mol. The summed E-state index contributed by atoms with van der Waals surface area (Å²) in [5, 5.41) is 11.5. The second-order valence-corrected chi connectivity index (χ2v) is 1.74. The van der Waals surface area contributed by atoms with E-state index in [2.05, 4.69) is 9.99 Å². The first kappa shape index (κ1) is 8.63. The van der Waals surface area contributed by atoms with Crippen LogP contribution in [0.15, 0.2) is 5.16 Å². The molecule has 0 heterocycles. The van der Waals surface area contributed by atoms with Gasteiger partial charge < -0.3 is 4.84 Å². The van der Waals surface area contributed by atoms with Crippen molar-refractivity contribution in [3.05, 3.63) is 0 Å². The number of hydrogen-bond acceptors (Lipinski definition) is 4. The van der Waals surface area contributed by atoms with E-state index in [0.717, 1.165) is 0 Å². The highest BCUT2D eigenvalue weighted by Gasteiger charge is 1.91. The molecule has 0 radical (unpaired) electrons. The molecule has 0 saturated heterocycles. The Morgan fingerprint density at radius 3 is 2.70 bits per heavy atom. The molecule has 4 nitrogen and oxygen atoms in total. The summed E-state index contributed by atoms with van der Waals surface area (Å²) in [4.78, 5) is 14.4. The van der Waals surface area contributed by atoms with Gasteiger partial charge in [-0.25, -0.2) is 4.79 Å². The smallest absolute Gasteiger partial charge is 0.319 e. The molecule has 0 aromatic carbocycles. The third kappa shape index (κ3) is 4.78. The summed E-state index contributed by atoms with van der Waals surface area (Å²) in [6.07, 6.45) is 0.188. The van der Waals surface area contributed by atoms with Crippen LogP contribution < -0.4 is 0 Å². The van der Waals surface area contributed by atoms with Crippen LogP contribution in [0.3, 0.4) is 0 Å². The van der Waals surface area contributed by atoms with Crippen LogP contribution in [0.2, 0.25) is 0 Å². The molecular formula is C6H8N2O2. The van der Waals surface area contributed by atoms with Gasteiger partial charge in [0.1, 0.15) is 0 Å². The van der Waals surface area contributed by atoms with Crippen LogP contribution in [0.5, 0.6) is 0 Å². The van der Waals surface area contributed by atoms with Gasteiger partial charge in [0.25, 0.3) is 0 Å². The molecule has 0 aromatic rings. The zero-order valence-electron chi connectivity index (χ0n) is 5.92. The fraction of sp³-hybridized carbons (Fsp3) is 0.500. The first-order chi connectivity index (χ1) is 4.66. The average Bonchev–Trinajstić information content (AvgIpc) is 1.85. The Hall–Kier alpha value is -1.37. The van der Waals surface area contributed by atoms with Gasteiger partial charge in [-0.1, -0.05) is 5.16 Å². The summed E-state index contributed by atoms with van der Waals surface area (Å²) in [5.74, 6) is -0.475. The van der Waals surface area contributed by atoms with Gasteiger partial charge in [0.05, 0.1) is 18.2 Å². The molecule has 0 aliphatic rings. The molecule has 0 amide bonds. The van der Waals surface area contributed by atoms with Crippen LogP contribution in [0.25, 0.3) is 0 Å². The summed E-state index contributed by atoms with van der Waals surface area (Å²) in [6, 6.07) is 1.87. The molecule has 0 aromatic heterocycles. The van der Waals surface area contributed by atoms with Crippen LogP contribution in [0.4, 0.5) is 0 Å². The second-order valence-electron chi connectivity index (χ2n) is 1.74. The van der Waals surface area contributed by atoms with Crippen LogP contribution in [-0.4, -0.2) is 11.7 Å². The van der Waals surface area contributed by atoms with Gasteiger partial charge in [-0.2, -0.15) is 5.26 Å². The second kappa shape index (κ2) is 4.50. The molecule has 4 heteroatoms. The largest absolute Gasteiger partial charge is 0.331 e. The van der Waals surface area contributed by atoms with Crippen molar-refractivity contribution in [2.75, 3.05) is 0 Å². The van der Waals surface area contributed by atoms with Crippen LogP contribution in [0.1, 0.15) is 20.3 Å². The van der Waals surface area contributed by atoms with E-state index >= 15 is 0 Å². The van der Waals surface area contributed by atoms with E-state index in [0.29, 0.717) is 5.71 Å². The zero-order chi connectivity index (χ0) is 7.98. The Labute approximate surface area is 59.1 Å². The maximum Gasteiger partial charge on any atom is 0.331 e. The molecule has 54 valence electrons. The first-order valence-electron chi connectivity index (χ1n) is 2.75. The molecule has 0 aliphatic heterocycles. The van der Waals surface area contributed by atoms with Crippen molar-refractivity contribution in [3.8, 4) is 6.07 Å². The predicted octanol–water partition coefficient (Wildman–Crippen LogP) is 0.839. The molecule has 0 N–H and O–H groups in total. The number of carbonyl (C=O) groups is 1. The zero-order valence-corrected chi connectivity index (χ0v) is 5.92. The lowest BCUT2D eigenvalue weighted by Gasteiger charge is -1.90. The van der Waals surface area contributed by atoms with E-state index in [1.807, 2.05) is 6.07 Å². The predicted molar refractivity (Wildman–Crippen MR) is 35.1 cm³/mol. The van der Waals surface area contributed by atoms with Crippen molar-refractivity contribution in [2.24, 2.45) is 5.16 Å². The highest BCUT2D eigenvalue weighted by atomic mass is 16.7. The van der Waals surface area contributed by atoms with Gasteiger partial charge in [0.2, 0.25) is 0 Å². The lowest BCUT2D eigenvalue weighted by molar-refractivity contribution is -0.140. The topological polar surface area (TPSA) is 62.4 Å². The standard InChI is InChI=1S/C6H8N2O2/c1-5(3-4-7)8-10-6(2)9/h3H2,1-2H3. The SMILES string of the molecule is CC(=O)ON=C(C)CC#N. The van der Waals surface area contributed by atoms with E-state index in [9.17, 15) is 4.79 Å². The van der Waals surface area contributed by atoms with Crippen LogP contribution in [-0.2, 0) is 9.63 Å². The highest BCUT2D eigenvalue weighted by molar-refractivity contribution is 5.83. The van der Waals surface area contributed by atoms with Gasteiger partial charge >= 0.3 is 5.97 Å². The van der Waals surface area contributed by atoms with Crippen molar-refractivity contribution in [1.29, 1.82) is 5.26 Å². The maximum atomic E-state index is 10.1. The van der Waals surface area contributed by atoms with Crippen LogP contribution in [0, 0.1) is 11.3 Å². The molecule has 0 bridgehead atoms. The molecule has 10 heavy (non-hydrogen) atoms. The minimum atomic E-state index is -0.475.